The van der Waals surface area contributed by atoms with Crippen LogP contribution >= 0.6 is 0 Å². The van der Waals surface area contributed by atoms with Crippen molar-refractivity contribution >= 4 is 17.0 Å². The van der Waals surface area contributed by atoms with E-state index in [9.17, 15) is 0 Å². The largest absolute Gasteiger partial charge is 0.382 e. The lowest BCUT2D eigenvalue weighted by molar-refractivity contribution is 0.671. The van der Waals surface area contributed by atoms with E-state index in [0.717, 1.165) is 38.1 Å². The Morgan fingerprint density at radius 1 is 1.19 bits per heavy atom. The van der Waals surface area contributed by atoms with Gasteiger partial charge in [0.2, 0.25) is 0 Å². The number of anilines is 1. The maximum absolute atomic E-state index is 5.79. The van der Waals surface area contributed by atoms with Crippen LogP contribution in [-0.2, 0) is 6.42 Å². The van der Waals surface area contributed by atoms with E-state index < -0.39 is 0 Å². The van der Waals surface area contributed by atoms with E-state index in [0.29, 0.717) is 17.0 Å². The van der Waals surface area contributed by atoms with E-state index in [4.69, 9.17) is 11.5 Å². The highest BCUT2D eigenvalue weighted by atomic mass is 15.0. The first-order valence-electron chi connectivity index (χ1n) is 5.47. The predicted octanol–water partition coefficient (Wildman–Crippen LogP) is 0.607. The molecule has 0 amide bonds. The number of H-pyrrole nitrogens is 1. The highest BCUT2D eigenvalue weighted by Crippen LogP contribution is 2.13. The number of aromatic nitrogens is 4. The molecule has 0 saturated carbocycles. The SMILES string of the molecule is NCCCCCc1nc(N)c2[nH]cnc2n1. The smallest absolute Gasteiger partial charge is 0.183 e. The molecular weight excluding hydrogens is 204 g/mol. The second-order valence-electron chi connectivity index (χ2n) is 3.73. The first kappa shape index (κ1) is 10.8. The number of hydrogen-bond acceptors (Lipinski definition) is 5. The topological polar surface area (TPSA) is 106 Å². The lowest BCUT2D eigenvalue weighted by atomic mass is 10.2. The molecular formula is C10H16N6. The summed E-state index contributed by atoms with van der Waals surface area (Å²) in [6, 6.07) is 0. The number of nitrogen functional groups attached to an aromatic ring is 1. The van der Waals surface area contributed by atoms with Gasteiger partial charge in [-0.3, -0.25) is 0 Å². The Kier molecular flexibility index (Phi) is 3.31. The quantitative estimate of drug-likeness (QED) is 0.640. The summed E-state index contributed by atoms with van der Waals surface area (Å²) < 4.78 is 0. The summed E-state index contributed by atoms with van der Waals surface area (Å²) in [4.78, 5) is 15.6. The van der Waals surface area contributed by atoms with Gasteiger partial charge in [-0.1, -0.05) is 6.42 Å². The number of aromatic amines is 1. The van der Waals surface area contributed by atoms with Gasteiger partial charge in [-0.15, -0.1) is 0 Å². The number of imidazole rings is 1. The van der Waals surface area contributed by atoms with E-state index in [-0.39, 0.29) is 0 Å². The normalized spacial score (nSPS) is 11.1. The van der Waals surface area contributed by atoms with Crippen molar-refractivity contribution in [3.63, 3.8) is 0 Å². The average molecular weight is 220 g/mol. The van der Waals surface area contributed by atoms with Crippen LogP contribution in [0.2, 0.25) is 0 Å². The van der Waals surface area contributed by atoms with Crippen molar-refractivity contribution < 1.29 is 0 Å². The van der Waals surface area contributed by atoms with Crippen molar-refractivity contribution in [1.82, 2.24) is 19.9 Å². The molecule has 0 unspecified atom stereocenters. The van der Waals surface area contributed by atoms with Crippen molar-refractivity contribution in [2.75, 3.05) is 12.3 Å². The fraction of sp³-hybridized carbons (Fsp3) is 0.500. The molecule has 0 fully saturated rings. The first-order valence-corrected chi connectivity index (χ1v) is 5.47. The molecule has 6 heteroatoms. The fourth-order valence-corrected chi connectivity index (χ4v) is 1.62. The average Bonchev–Trinajstić information content (AvgIpc) is 2.73. The molecule has 2 aromatic heterocycles. The van der Waals surface area contributed by atoms with Gasteiger partial charge in [-0.05, 0) is 19.4 Å². The fourth-order valence-electron chi connectivity index (χ4n) is 1.62. The molecule has 0 bridgehead atoms. The van der Waals surface area contributed by atoms with Crippen molar-refractivity contribution in [1.29, 1.82) is 0 Å². The van der Waals surface area contributed by atoms with Crippen LogP contribution in [0.1, 0.15) is 25.1 Å². The second-order valence-corrected chi connectivity index (χ2v) is 3.73. The Morgan fingerprint density at radius 2 is 2.06 bits per heavy atom. The number of rotatable bonds is 5. The molecule has 0 saturated heterocycles. The van der Waals surface area contributed by atoms with Gasteiger partial charge in [0.1, 0.15) is 11.3 Å². The third kappa shape index (κ3) is 2.27. The van der Waals surface area contributed by atoms with Crippen LogP contribution in [-0.4, -0.2) is 26.5 Å². The number of fused-ring (bicyclic) bond motifs is 1. The number of nitrogens with one attached hydrogen (secondary N) is 1. The summed E-state index contributed by atoms with van der Waals surface area (Å²) in [6.07, 6.45) is 5.58. The van der Waals surface area contributed by atoms with Gasteiger partial charge < -0.3 is 16.5 Å². The standard InChI is InChI=1S/C10H16N6/c11-5-3-1-2-4-7-15-9(12)8-10(16-7)14-6-13-8/h6H,1-5,11H2,(H3,12,13,14,15,16). The van der Waals surface area contributed by atoms with Crippen molar-refractivity contribution in [3.05, 3.63) is 12.2 Å². The summed E-state index contributed by atoms with van der Waals surface area (Å²) in [7, 11) is 0. The van der Waals surface area contributed by atoms with Crippen LogP contribution in [0.25, 0.3) is 11.2 Å². The molecule has 6 nitrogen and oxygen atoms in total. The summed E-state index contributed by atoms with van der Waals surface area (Å²) in [6.45, 7) is 0.737. The lowest BCUT2D eigenvalue weighted by Crippen LogP contribution is -2.02. The minimum atomic E-state index is 0.469. The Hall–Kier alpha value is -1.69. The maximum atomic E-state index is 5.79. The van der Waals surface area contributed by atoms with Crippen LogP contribution in [0, 0.1) is 0 Å². The maximum Gasteiger partial charge on any atom is 0.183 e. The molecule has 0 aliphatic heterocycles. The zero-order valence-corrected chi connectivity index (χ0v) is 9.11. The van der Waals surface area contributed by atoms with Crippen LogP contribution in [0.4, 0.5) is 5.82 Å². The highest BCUT2D eigenvalue weighted by molar-refractivity contribution is 5.80. The lowest BCUT2D eigenvalue weighted by Gasteiger charge is -2.01. The monoisotopic (exact) mass is 220 g/mol. The molecule has 0 aromatic carbocycles. The van der Waals surface area contributed by atoms with Gasteiger partial charge in [0, 0.05) is 6.42 Å². The van der Waals surface area contributed by atoms with E-state index in [1.807, 2.05) is 0 Å². The molecule has 0 aliphatic rings. The molecule has 2 heterocycles. The Labute approximate surface area is 93.5 Å². The third-order valence-corrected chi connectivity index (χ3v) is 2.46. The molecule has 2 aromatic rings. The number of aryl methyl sites for hydroxylation is 1. The van der Waals surface area contributed by atoms with Gasteiger partial charge in [0.25, 0.3) is 0 Å². The van der Waals surface area contributed by atoms with Crippen molar-refractivity contribution in [2.45, 2.75) is 25.7 Å². The van der Waals surface area contributed by atoms with Crippen LogP contribution in [0.15, 0.2) is 6.33 Å². The zero-order valence-electron chi connectivity index (χ0n) is 9.11. The summed E-state index contributed by atoms with van der Waals surface area (Å²) in [5.41, 5.74) is 12.6. The van der Waals surface area contributed by atoms with E-state index in [2.05, 4.69) is 19.9 Å². The minimum absolute atomic E-state index is 0.469. The predicted molar refractivity (Wildman–Crippen MR) is 62.7 cm³/mol. The van der Waals surface area contributed by atoms with E-state index in [1.54, 1.807) is 6.33 Å². The Morgan fingerprint density at radius 3 is 2.88 bits per heavy atom. The molecule has 0 radical (unpaired) electrons. The zero-order chi connectivity index (χ0) is 11.4. The second kappa shape index (κ2) is 4.89. The molecule has 5 N–H and O–H groups in total. The third-order valence-electron chi connectivity index (χ3n) is 2.46. The molecule has 2 rings (SSSR count). The Bertz CT molecular complexity index is 463. The highest BCUT2D eigenvalue weighted by Gasteiger charge is 2.06. The summed E-state index contributed by atoms with van der Waals surface area (Å²) >= 11 is 0. The van der Waals surface area contributed by atoms with Gasteiger partial charge in [0.05, 0.1) is 6.33 Å². The summed E-state index contributed by atoms with van der Waals surface area (Å²) in [5.74, 6) is 1.23. The molecule has 86 valence electrons. The minimum Gasteiger partial charge on any atom is -0.382 e. The summed E-state index contributed by atoms with van der Waals surface area (Å²) in [5, 5.41) is 0. The number of hydrogen-bond donors (Lipinski definition) is 3. The van der Waals surface area contributed by atoms with Gasteiger partial charge >= 0.3 is 0 Å². The number of unbranched alkanes of at least 4 members (excludes halogenated alkanes) is 2. The molecule has 0 spiro atoms. The number of nitrogens with zero attached hydrogens (tertiary/aromatic N) is 3. The van der Waals surface area contributed by atoms with Crippen molar-refractivity contribution in [3.8, 4) is 0 Å². The van der Waals surface area contributed by atoms with Gasteiger partial charge in [-0.25, -0.2) is 15.0 Å². The molecule has 0 atom stereocenters. The van der Waals surface area contributed by atoms with Gasteiger partial charge in [0.15, 0.2) is 11.5 Å². The molecule has 0 aliphatic carbocycles. The number of nitrogens with two attached hydrogens (primary N) is 2. The van der Waals surface area contributed by atoms with Crippen LogP contribution in [0.5, 0.6) is 0 Å². The van der Waals surface area contributed by atoms with Crippen LogP contribution < -0.4 is 11.5 Å². The van der Waals surface area contributed by atoms with Gasteiger partial charge in [-0.2, -0.15) is 0 Å². The van der Waals surface area contributed by atoms with E-state index >= 15 is 0 Å². The van der Waals surface area contributed by atoms with E-state index in [1.165, 1.54) is 0 Å². The first-order chi connectivity index (χ1) is 7.81. The molecule has 16 heavy (non-hydrogen) atoms. The Balaban J connectivity index is 2.06. The van der Waals surface area contributed by atoms with Crippen LogP contribution in [0.3, 0.4) is 0 Å². The van der Waals surface area contributed by atoms with Crippen molar-refractivity contribution in [2.24, 2.45) is 5.73 Å².